The van der Waals surface area contributed by atoms with Gasteiger partial charge in [-0.05, 0) is 42.0 Å². The molecule has 0 saturated carbocycles. The first-order valence-corrected chi connectivity index (χ1v) is 11.9. The van der Waals surface area contributed by atoms with Gasteiger partial charge in [-0.2, -0.15) is 13.2 Å². The Balaban J connectivity index is 1.82. The molecule has 0 saturated heterocycles. The molecule has 0 amide bonds. The third-order valence-corrected chi connectivity index (χ3v) is 6.88. The van der Waals surface area contributed by atoms with Crippen molar-refractivity contribution >= 4 is 17.5 Å². The summed E-state index contributed by atoms with van der Waals surface area (Å²) in [6.07, 6.45) is -4.67. The zero-order valence-electron chi connectivity index (χ0n) is 21.8. The predicted molar refractivity (Wildman–Crippen MR) is 134 cm³/mol. The number of ether oxygens (including phenoxy) is 5. The molecule has 0 spiro atoms. The number of carbonyl (C=O) groups excluding carboxylic acids is 3. The Hall–Kier alpha value is -4.84. The summed E-state index contributed by atoms with van der Waals surface area (Å²) in [7, 11) is 3.73. The van der Waals surface area contributed by atoms with Gasteiger partial charge in [-0.15, -0.1) is 0 Å². The van der Waals surface area contributed by atoms with E-state index in [1.165, 1.54) is 44.6 Å². The molecule has 2 aliphatic rings. The summed E-state index contributed by atoms with van der Waals surface area (Å²) in [5, 5.41) is 12.5. The molecular weight excluding hydrogens is 549 g/mol. The minimum absolute atomic E-state index is 0.0131. The molecular formula is C29H21F3O9. The summed E-state index contributed by atoms with van der Waals surface area (Å²) in [6.45, 7) is -0.185. The fourth-order valence-corrected chi connectivity index (χ4v) is 4.88. The largest absolute Gasteiger partial charge is 0.493 e. The minimum Gasteiger partial charge on any atom is -0.493 e. The molecule has 3 aromatic carbocycles. The van der Waals surface area contributed by atoms with Crippen LogP contribution in [0.15, 0.2) is 65.7 Å². The summed E-state index contributed by atoms with van der Waals surface area (Å²) >= 11 is 0. The Kier molecular flexibility index (Phi) is 6.74. The van der Waals surface area contributed by atoms with E-state index in [0.29, 0.717) is 12.1 Å². The normalized spacial score (nSPS) is 17.7. The van der Waals surface area contributed by atoms with Gasteiger partial charge in [0.2, 0.25) is 6.79 Å². The molecule has 41 heavy (non-hydrogen) atoms. The molecule has 0 bridgehead atoms. The zero-order valence-corrected chi connectivity index (χ0v) is 21.8. The number of esters is 1. The van der Waals surface area contributed by atoms with Crippen LogP contribution in [0, 0.1) is 0 Å². The summed E-state index contributed by atoms with van der Waals surface area (Å²) in [5.41, 5.74) is -5.73. The average Bonchev–Trinajstić information content (AvgIpc) is 3.44. The molecule has 1 unspecified atom stereocenters. The van der Waals surface area contributed by atoms with Crippen molar-refractivity contribution in [1.82, 2.24) is 0 Å². The second-order valence-corrected chi connectivity index (χ2v) is 9.01. The van der Waals surface area contributed by atoms with E-state index in [-0.39, 0.29) is 52.0 Å². The third kappa shape index (κ3) is 4.36. The van der Waals surface area contributed by atoms with Crippen LogP contribution in [0.5, 0.6) is 23.0 Å². The minimum atomic E-state index is -4.67. The van der Waals surface area contributed by atoms with Crippen LogP contribution in [0.4, 0.5) is 13.2 Å². The lowest BCUT2D eigenvalue weighted by atomic mass is 9.69. The van der Waals surface area contributed by atoms with Gasteiger partial charge in [0.1, 0.15) is 5.60 Å². The van der Waals surface area contributed by atoms with Gasteiger partial charge in [-0.1, -0.05) is 18.2 Å². The second-order valence-electron chi connectivity index (χ2n) is 9.01. The molecule has 1 aliphatic heterocycles. The lowest BCUT2D eigenvalue weighted by Gasteiger charge is -2.37. The van der Waals surface area contributed by atoms with E-state index in [1.54, 1.807) is 0 Å². The van der Waals surface area contributed by atoms with E-state index in [2.05, 4.69) is 0 Å². The molecule has 1 atom stereocenters. The Bertz CT molecular complexity index is 1620. The predicted octanol–water partition coefficient (Wildman–Crippen LogP) is 4.24. The number of halogens is 3. The van der Waals surface area contributed by atoms with E-state index in [9.17, 15) is 32.7 Å². The van der Waals surface area contributed by atoms with Crippen LogP contribution >= 0.6 is 0 Å². The van der Waals surface area contributed by atoms with E-state index in [1.807, 2.05) is 0 Å². The highest BCUT2D eigenvalue weighted by molar-refractivity contribution is 6.35. The number of rotatable bonds is 6. The number of hydrogen-bond acceptors (Lipinski definition) is 9. The van der Waals surface area contributed by atoms with Gasteiger partial charge in [0, 0.05) is 16.7 Å². The SMILES string of the molecule is COC(=O)C1=C(C(=O)c2ccc(C(F)(F)F)cc2)C(=O)c2cc3c(cc2C1(O)c1ccc(OC)c(OC)c1)OCO3. The molecule has 1 heterocycles. The molecule has 12 heteroatoms. The van der Waals surface area contributed by atoms with Crippen LogP contribution in [0.1, 0.15) is 37.4 Å². The first-order chi connectivity index (χ1) is 19.4. The summed E-state index contributed by atoms with van der Waals surface area (Å²) in [6, 6.07) is 9.88. The van der Waals surface area contributed by atoms with E-state index in [4.69, 9.17) is 23.7 Å². The Morgan fingerprint density at radius 1 is 0.902 bits per heavy atom. The maximum atomic E-state index is 13.9. The van der Waals surface area contributed by atoms with Crippen molar-refractivity contribution in [2.75, 3.05) is 28.1 Å². The molecule has 0 radical (unpaired) electrons. The number of fused-ring (bicyclic) bond motifs is 2. The van der Waals surface area contributed by atoms with Gasteiger partial charge in [0.25, 0.3) is 0 Å². The van der Waals surface area contributed by atoms with Crippen molar-refractivity contribution in [3.05, 3.63) is 93.6 Å². The number of allylic oxidation sites excluding steroid dienone is 1. The number of ketones is 2. The molecule has 1 aliphatic carbocycles. The maximum Gasteiger partial charge on any atom is 0.416 e. The van der Waals surface area contributed by atoms with E-state index < -0.39 is 46.0 Å². The van der Waals surface area contributed by atoms with Crippen molar-refractivity contribution in [3.8, 4) is 23.0 Å². The number of benzene rings is 3. The molecule has 5 rings (SSSR count). The molecule has 0 aromatic heterocycles. The van der Waals surface area contributed by atoms with Gasteiger partial charge in [0.15, 0.2) is 34.6 Å². The Morgan fingerprint density at radius 2 is 1.54 bits per heavy atom. The molecule has 9 nitrogen and oxygen atoms in total. The Labute approximate surface area is 230 Å². The second kappa shape index (κ2) is 9.97. The van der Waals surface area contributed by atoms with Gasteiger partial charge >= 0.3 is 12.1 Å². The standard InChI is InChI=1S/C29H21F3O9/c1-37-19-9-8-16(10-20(19)38-2)28(36)18-12-22-21(40-13-41-22)11-17(18)26(34)23(24(28)27(35)39-3)25(33)14-4-6-15(7-5-14)29(30,31)32/h4-12,36H,13H2,1-3H3. The van der Waals surface area contributed by atoms with Gasteiger partial charge in [-0.25, -0.2) is 4.79 Å². The van der Waals surface area contributed by atoms with E-state index in [0.717, 1.165) is 19.2 Å². The number of aliphatic hydroxyl groups is 1. The van der Waals surface area contributed by atoms with Crippen LogP contribution in [0.3, 0.4) is 0 Å². The highest BCUT2D eigenvalue weighted by atomic mass is 19.4. The molecule has 1 N–H and O–H groups in total. The summed E-state index contributed by atoms with van der Waals surface area (Å²) in [5.74, 6) is -2.57. The van der Waals surface area contributed by atoms with Crippen molar-refractivity contribution in [3.63, 3.8) is 0 Å². The van der Waals surface area contributed by atoms with Crippen molar-refractivity contribution in [1.29, 1.82) is 0 Å². The highest BCUT2D eigenvalue weighted by Gasteiger charge is 2.52. The van der Waals surface area contributed by atoms with Crippen LogP contribution in [0.25, 0.3) is 0 Å². The third-order valence-electron chi connectivity index (χ3n) is 6.88. The fraction of sp³-hybridized carbons (Fsp3) is 0.207. The van der Waals surface area contributed by atoms with Crippen LogP contribution < -0.4 is 18.9 Å². The number of methoxy groups -OCH3 is 3. The number of hydrogen-bond donors (Lipinski definition) is 1. The number of alkyl halides is 3. The molecule has 212 valence electrons. The average molecular weight is 570 g/mol. The monoisotopic (exact) mass is 570 g/mol. The van der Waals surface area contributed by atoms with Crippen molar-refractivity contribution in [2.45, 2.75) is 11.8 Å². The molecule has 0 fully saturated rings. The van der Waals surface area contributed by atoms with Crippen LogP contribution in [-0.4, -0.2) is 50.8 Å². The number of carbonyl (C=O) groups is 3. The quantitative estimate of drug-likeness (QED) is 0.264. The van der Waals surface area contributed by atoms with Gasteiger partial charge in [-0.3, -0.25) is 9.59 Å². The first kappa shape index (κ1) is 27.7. The van der Waals surface area contributed by atoms with Crippen LogP contribution in [0.2, 0.25) is 0 Å². The van der Waals surface area contributed by atoms with Gasteiger partial charge < -0.3 is 28.8 Å². The van der Waals surface area contributed by atoms with Crippen molar-refractivity contribution in [2.24, 2.45) is 0 Å². The van der Waals surface area contributed by atoms with Crippen LogP contribution in [-0.2, 0) is 21.3 Å². The lowest BCUT2D eigenvalue weighted by molar-refractivity contribution is -0.139. The smallest absolute Gasteiger partial charge is 0.416 e. The van der Waals surface area contributed by atoms with Crippen molar-refractivity contribution < 1.29 is 56.3 Å². The fourth-order valence-electron chi connectivity index (χ4n) is 4.88. The first-order valence-electron chi connectivity index (χ1n) is 11.9. The molecule has 3 aromatic rings. The number of Topliss-reactive ketones (excluding diaryl/α,β-unsaturated/α-hetero) is 2. The Morgan fingerprint density at radius 3 is 2.12 bits per heavy atom. The lowest BCUT2D eigenvalue weighted by Crippen LogP contribution is -2.42. The van der Waals surface area contributed by atoms with E-state index >= 15 is 0 Å². The zero-order chi connectivity index (χ0) is 29.7. The summed E-state index contributed by atoms with van der Waals surface area (Å²) in [4.78, 5) is 41.1. The highest BCUT2D eigenvalue weighted by Crippen LogP contribution is 2.50. The maximum absolute atomic E-state index is 13.9. The topological polar surface area (TPSA) is 118 Å². The summed E-state index contributed by atoms with van der Waals surface area (Å²) < 4.78 is 65.8. The van der Waals surface area contributed by atoms with Gasteiger partial charge in [0.05, 0.1) is 38.0 Å².